The predicted molar refractivity (Wildman–Crippen MR) is 90.7 cm³/mol. The molecule has 0 aromatic rings. The monoisotopic (exact) mass is 292 g/mol. The number of hydrogen-bond donors (Lipinski definition) is 1. The maximum Gasteiger partial charge on any atom is 0.0334 e. The van der Waals surface area contributed by atoms with E-state index in [2.05, 4.69) is 24.1 Å². The van der Waals surface area contributed by atoms with E-state index >= 15 is 0 Å². The van der Waals surface area contributed by atoms with Crippen molar-refractivity contribution >= 4 is 0 Å². The molecule has 3 aliphatic rings. The maximum absolute atomic E-state index is 4.04. The summed E-state index contributed by atoms with van der Waals surface area (Å²) in [6.45, 7) is 8.89. The van der Waals surface area contributed by atoms with E-state index in [4.69, 9.17) is 0 Å². The summed E-state index contributed by atoms with van der Waals surface area (Å²) >= 11 is 0. The number of rotatable bonds is 4. The summed E-state index contributed by atoms with van der Waals surface area (Å²) in [6.07, 6.45) is 15.8. The van der Waals surface area contributed by atoms with Gasteiger partial charge >= 0.3 is 0 Å². The fraction of sp³-hybridized carbons (Fsp3) is 1.00. The van der Waals surface area contributed by atoms with Crippen molar-refractivity contribution in [1.29, 1.82) is 0 Å². The third-order valence-corrected chi connectivity index (χ3v) is 6.75. The molecule has 0 bridgehead atoms. The number of piperidine rings is 1. The fourth-order valence-electron chi connectivity index (χ4n) is 5.20. The van der Waals surface area contributed by atoms with Gasteiger partial charge in [-0.1, -0.05) is 46.0 Å². The zero-order valence-corrected chi connectivity index (χ0v) is 14.4. The van der Waals surface area contributed by atoms with Gasteiger partial charge in [-0.15, -0.1) is 0 Å². The molecule has 0 radical (unpaired) electrons. The number of nitrogens with zero attached hydrogens (tertiary/aromatic N) is 1. The van der Waals surface area contributed by atoms with Crippen molar-refractivity contribution in [3.63, 3.8) is 0 Å². The Morgan fingerprint density at radius 1 is 0.857 bits per heavy atom. The second-order valence-corrected chi connectivity index (χ2v) is 8.65. The average molecular weight is 293 g/mol. The molecule has 2 saturated carbocycles. The van der Waals surface area contributed by atoms with Crippen LogP contribution < -0.4 is 5.32 Å². The maximum atomic E-state index is 4.04. The van der Waals surface area contributed by atoms with Crippen molar-refractivity contribution in [1.82, 2.24) is 10.2 Å². The molecule has 21 heavy (non-hydrogen) atoms. The van der Waals surface area contributed by atoms with Gasteiger partial charge in [-0.2, -0.15) is 0 Å². The van der Waals surface area contributed by atoms with E-state index in [1.165, 1.54) is 90.3 Å². The lowest BCUT2D eigenvalue weighted by Crippen LogP contribution is -2.59. The van der Waals surface area contributed by atoms with Crippen LogP contribution in [-0.2, 0) is 0 Å². The van der Waals surface area contributed by atoms with E-state index in [-0.39, 0.29) is 0 Å². The van der Waals surface area contributed by atoms with Crippen LogP contribution in [0.1, 0.15) is 84.5 Å². The highest BCUT2D eigenvalue weighted by atomic mass is 15.2. The van der Waals surface area contributed by atoms with Crippen molar-refractivity contribution in [3.8, 4) is 0 Å². The minimum atomic E-state index is 0.497. The first-order chi connectivity index (χ1) is 10.1. The van der Waals surface area contributed by atoms with Crippen LogP contribution >= 0.6 is 0 Å². The number of hydrogen-bond acceptors (Lipinski definition) is 2. The Morgan fingerprint density at radius 3 is 2.14 bits per heavy atom. The average Bonchev–Trinajstić information content (AvgIpc) is 2.86. The van der Waals surface area contributed by atoms with E-state index in [0.717, 1.165) is 6.04 Å². The third-order valence-electron chi connectivity index (χ3n) is 6.75. The van der Waals surface area contributed by atoms with E-state index in [9.17, 15) is 0 Å². The van der Waals surface area contributed by atoms with Crippen molar-refractivity contribution in [3.05, 3.63) is 0 Å². The summed E-state index contributed by atoms with van der Waals surface area (Å²) in [5.74, 6) is 0. The first kappa shape index (κ1) is 15.8. The van der Waals surface area contributed by atoms with E-state index in [1.807, 2.05) is 0 Å². The van der Waals surface area contributed by atoms with Crippen molar-refractivity contribution in [2.24, 2.45) is 5.41 Å². The van der Waals surface area contributed by atoms with Gasteiger partial charge in [-0.25, -0.2) is 0 Å². The molecule has 1 N–H and O–H groups in total. The van der Waals surface area contributed by atoms with Gasteiger partial charge in [-0.05, 0) is 57.0 Å². The van der Waals surface area contributed by atoms with Crippen molar-refractivity contribution in [2.45, 2.75) is 96.1 Å². The van der Waals surface area contributed by atoms with Gasteiger partial charge in [0.15, 0.2) is 0 Å². The summed E-state index contributed by atoms with van der Waals surface area (Å²) in [6, 6.07) is 0.751. The van der Waals surface area contributed by atoms with Crippen molar-refractivity contribution in [2.75, 3.05) is 19.6 Å². The number of nitrogens with one attached hydrogen (secondary N) is 1. The molecule has 2 heteroatoms. The van der Waals surface area contributed by atoms with Crippen LogP contribution in [0.15, 0.2) is 0 Å². The molecular formula is C19H36N2. The standard InChI is InChI=1S/C19H36N2/c1-18(2)11-9-10-17(18)20-16-19(12-5-3-6-13-19)21-14-7-4-8-15-21/h17,20H,3-16H2,1-2H3. The first-order valence-electron chi connectivity index (χ1n) is 9.61. The minimum Gasteiger partial charge on any atom is -0.312 e. The van der Waals surface area contributed by atoms with Gasteiger partial charge in [0.1, 0.15) is 0 Å². The molecule has 0 aromatic carbocycles. The van der Waals surface area contributed by atoms with Gasteiger partial charge in [0, 0.05) is 18.1 Å². The summed E-state index contributed by atoms with van der Waals surface area (Å²) in [7, 11) is 0. The van der Waals surface area contributed by atoms with Gasteiger partial charge in [0.05, 0.1) is 0 Å². The zero-order valence-electron chi connectivity index (χ0n) is 14.4. The Balaban J connectivity index is 1.64. The summed E-state index contributed by atoms with van der Waals surface area (Å²) in [5, 5.41) is 4.04. The van der Waals surface area contributed by atoms with Crippen LogP contribution in [0.4, 0.5) is 0 Å². The molecule has 1 aliphatic heterocycles. The highest BCUT2D eigenvalue weighted by molar-refractivity contribution is 4.99. The molecule has 3 rings (SSSR count). The van der Waals surface area contributed by atoms with Crippen LogP contribution in [-0.4, -0.2) is 36.1 Å². The molecule has 1 unspecified atom stereocenters. The van der Waals surface area contributed by atoms with E-state index in [0.29, 0.717) is 11.0 Å². The Hall–Kier alpha value is -0.0800. The normalized spacial score (nSPS) is 33.1. The Bertz CT molecular complexity index is 324. The van der Waals surface area contributed by atoms with Crippen LogP contribution in [0.5, 0.6) is 0 Å². The largest absolute Gasteiger partial charge is 0.312 e. The summed E-state index contributed by atoms with van der Waals surface area (Å²) < 4.78 is 0. The highest BCUT2D eigenvalue weighted by Crippen LogP contribution is 2.39. The number of likely N-dealkylation sites (tertiary alicyclic amines) is 1. The molecule has 2 nitrogen and oxygen atoms in total. The summed E-state index contributed by atoms with van der Waals surface area (Å²) in [5.41, 5.74) is 1.01. The lowest BCUT2D eigenvalue weighted by molar-refractivity contribution is 0.0286. The zero-order chi connectivity index (χ0) is 14.8. The molecule has 3 fully saturated rings. The molecule has 1 atom stereocenters. The predicted octanol–water partition coefficient (Wildman–Crippen LogP) is 4.34. The Morgan fingerprint density at radius 2 is 1.52 bits per heavy atom. The van der Waals surface area contributed by atoms with Gasteiger partial charge in [0.2, 0.25) is 0 Å². The molecule has 0 amide bonds. The minimum absolute atomic E-state index is 0.497. The second-order valence-electron chi connectivity index (χ2n) is 8.65. The van der Waals surface area contributed by atoms with Crippen molar-refractivity contribution < 1.29 is 0 Å². The quantitative estimate of drug-likeness (QED) is 0.829. The molecule has 2 aliphatic carbocycles. The first-order valence-corrected chi connectivity index (χ1v) is 9.61. The fourth-order valence-corrected chi connectivity index (χ4v) is 5.20. The van der Waals surface area contributed by atoms with Gasteiger partial charge < -0.3 is 5.32 Å². The topological polar surface area (TPSA) is 15.3 Å². The summed E-state index contributed by atoms with van der Waals surface area (Å²) in [4.78, 5) is 2.88. The Labute approximate surface area is 132 Å². The smallest absolute Gasteiger partial charge is 0.0334 e. The highest BCUT2D eigenvalue weighted by Gasteiger charge is 2.41. The molecular weight excluding hydrogens is 256 g/mol. The second kappa shape index (κ2) is 6.58. The third kappa shape index (κ3) is 3.47. The van der Waals surface area contributed by atoms with Crippen LogP contribution in [0.25, 0.3) is 0 Å². The van der Waals surface area contributed by atoms with Crippen LogP contribution in [0.2, 0.25) is 0 Å². The van der Waals surface area contributed by atoms with Crippen LogP contribution in [0, 0.1) is 5.41 Å². The molecule has 1 saturated heterocycles. The Kier molecular flexibility index (Phi) is 4.95. The molecule has 0 aromatic heterocycles. The lowest BCUT2D eigenvalue weighted by atomic mass is 9.78. The van der Waals surface area contributed by atoms with Crippen LogP contribution in [0.3, 0.4) is 0 Å². The van der Waals surface area contributed by atoms with E-state index < -0.39 is 0 Å². The lowest BCUT2D eigenvalue weighted by Gasteiger charge is -2.49. The van der Waals surface area contributed by atoms with Gasteiger partial charge in [0.25, 0.3) is 0 Å². The van der Waals surface area contributed by atoms with E-state index in [1.54, 1.807) is 0 Å². The van der Waals surface area contributed by atoms with Gasteiger partial charge in [-0.3, -0.25) is 4.90 Å². The SMILES string of the molecule is CC1(C)CCCC1NCC1(N2CCCCC2)CCCCC1. The molecule has 0 spiro atoms. The molecule has 122 valence electrons. The molecule has 1 heterocycles.